The minimum atomic E-state index is -0.546. The van der Waals surface area contributed by atoms with Crippen molar-refractivity contribution in [3.63, 3.8) is 0 Å². The molecule has 0 radical (unpaired) electrons. The van der Waals surface area contributed by atoms with Crippen LogP contribution < -0.4 is 11.1 Å². The smallest absolute Gasteiger partial charge is 0.239 e. The van der Waals surface area contributed by atoms with Gasteiger partial charge in [-0.2, -0.15) is 0 Å². The van der Waals surface area contributed by atoms with Gasteiger partial charge in [0.15, 0.2) is 5.82 Å². The highest BCUT2D eigenvalue weighted by atomic mass is 35.5. The molecule has 0 saturated heterocycles. The Labute approximate surface area is 151 Å². The first-order valence-electron chi connectivity index (χ1n) is 7.65. The number of halogens is 3. The van der Waals surface area contributed by atoms with E-state index in [4.69, 9.17) is 28.9 Å². The number of rotatable bonds is 6. The maximum Gasteiger partial charge on any atom is 0.239 e. The van der Waals surface area contributed by atoms with Crippen molar-refractivity contribution >= 4 is 34.8 Å². The lowest BCUT2D eigenvalue weighted by molar-refractivity contribution is -0.113. The molecule has 3 nitrogen and oxygen atoms in total. The molecule has 0 aliphatic heterocycles. The van der Waals surface area contributed by atoms with E-state index in [1.807, 2.05) is 19.1 Å². The summed E-state index contributed by atoms with van der Waals surface area (Å²) in [7, 11) is 0. The average Bonchev–Trinajstić information content (AvgIpc) is 2.58. The Morgan fingerprint density at radius 3 is 2.71 bits per heavy atom. The maximum atomic E-state index is 14.8. The molecule has 1 atom stereocenters. The molecule has 24 heavy (non-hydrogen) atoms. The second-order valence-electron chi connectivity index (χ2n) is 5.54. The highest BCUT2D eigenvalue weighted by Gasteiger charge is 2.15. The summed E-state index contributed by atoms with van der Waals surface area (Å²) < 4.78 is 14.8. The number of benzene rings is 2. The van der Waals surface area contributed by atoms with E-state index in [2.05, 4.69) is 5.32 Å². The summed E-state index contributed by atoms with van der Waals surface area (Å²) in [5, 5.41) is 2.87. The zero-order chi connectivity index (χ0) is 17.7. The molecule has 0 saturated carbocycles. The van der Waals surface area contributed by atoms with E-state index in [-0.39, 0.29) is 17.6 Å². The van der Waals surface area contributed by atoms with Gasteiger partial charge in [-0.05, 0) is 36.6 Å². The number of anilines is 1. The molecule has 128 valence electrons. The molecule has 2 rings (SSSR count). The van der Waals surface area contributed by atoms with Gasteiger partial charge in [0.25, 0.3) is 0 Å². The molecule has 0 aliphatic carbocycles. The van der Waals surface area contributed by atoms with E-state index in [0.717, 1.165) is 12.0 Å². The third-order valence-electron chi connectivity index (χ3n) is 3.74. The Bertz CT molecular complexity index is 737. The first kappa shape index (κ1) is 18.7. The molecular formula is C18H19Cl2FN2O. The summed E-state index contributed by atoms with van der Waals surface area (Å²) in [5.74, 6) is -1.26. The molecule has 0 aromatic heterocycles. The fraction of sp³-hybridized carbons (Fsp3) is 0.278. The van der Waals surface area contributed by atoms with Crippen LogP contribution in [0.5, 0.6) is 0 Å². The van der Waals surface area contributed by atoms with Crippen LogP contribution in [0.1, 0.15) is 18.9 Å². The topological polar surface area (TPSA) is 55.1 Å². The summed E-state index contributed by atoms with van der Waals surface area (Å²) in [6.07, 6.45) is 1.54. The van der Waals surface area contributed by atoms with Gasteiger partial charge in [-0.3, -0.25) is 4.79 Å². The summed E-state index contributed by atoms with van der Waals surface area (Å²) >= 11 is 11.7. The van der Waals surface area contributed by atoms with E-state index in [1.165, 1.54) is 6.07 Å². The molecule has 2 aromatic carbocycles. The van der Waals surface area contributed by atoms with Crippen molar-refractivity contribution in [2.45, 2.75) is 25.8 Å². The van der Waals surface area contributed by atoms with E-state index in [9.17, 15) is 9.18 Å². The van der Waals surface area contributed by atoms with Crippen molar-refractivity contribution in [1.82, 2.24) is 0 Å². The fourth-order valence-electron chi connectivity index (χ4n) is 2.37. The molecule has 0 bridgehead atoms. The lowest BCUT2D eigenvalue weighted by Gasteiger charge is -2.13. The Morgan fingerprint density at radius 1 is 1.29 bits per heavy atom. The molecule has 0 heterocycles. The van der Waals surface area contributed by atoms with E-state index in [1.54, 1.807) is 18.2 Å². The zero-order valence-electron chi connectivity index (χ0n) is 13.3. The van der Waals surface area contributed by atoms with Crippen molar-refractivity contribution in [1.29, 1.82) is 0 Å². The Kier molecular flexibility index (Phi) is 6.60. The second-order valence-corrected chi connectivity index (χ2v) is 6.21. The lowest BCUT2D eigenvalue weighted by Crippen LogP contribution is -2.21. The molecule has 1 amide bonds. The third-order valence-corrected chi connectivity index (χ3v) is 4.31. The van der Waals surface area contributed by atoms with E-state index in [0.29, 0.717) is 22.6 Å². The normalized spacial score (nSPS) is 12.0. The molecular weight excluding hydrogens is 350 g/mol. The van der Waals surface area contributed by atoms with Gasteiger partial charge in [-0.1, -0.05) is 36.7 Å². The van der Waals surface area contributed by atoms with Crippen molar-refractivity contribution in [2.75, 3.05) is 11.2 Å². The van der Waals surface area contributed by atoms with Crippen LogP contribution in [0.25, 0.3) is 11.1 Å². The van der Waals surface area contributed by atoms with E-state index >= 15 is 0 Å². The first-order chi connectivity index (χ1) is 11.5. The minimum Gasteiger partial charge on any atom is -0.327 e. The number of amides is 1. The number of carbonyl (C=O) groups is 1. The Hall–Kier alpha value is -1.62. The Balaban J connectivity index is 2.42. The van der Waals surface area contributed by atoms with Crippen LogP contribution in [0.3, 0.4) is 0 Å². The van der Waals surface area contributed by atoms with Crippen LogP contribution in [-0.2, 0) is 11.2 Å². The number of hydrogen-bond acceptors (Lipinski definition) is 2. The van der Waals surface area contributed by atoms with E-state index < -0.39 is 11.7 Å². The van der Waals surface area contributed by atoms with Crippen LogP contribution in [0.15, 0.2) is 36.4 Å². The second kappa shape index (κ2) is 8.47. The van der Waals surface area contributed by atoms with Crippen molar-refractivity contribution in [3.8, 4) is 11.1 Å². The van der Waals surface area contributed by atoms with Crippen molar-refractivity contribution in [2.24, 2.45) is 5.73 Å². The molecule has 0 fully saturated rings. The number of nitrogens with one attached hydrogen (secondary N) is 1. The van der Waals surface area contributed by atoms with Gasteiger partial charge in [0, 0.05) is 22.2 Å². The quantitative estimate of drug-likeness (QED) is 0.731. The van der Waals surface area contributed by atoms with Crippen LogP contribution in [0.4, 0.5) is 10.1 Å². The predicted octanol–water partition coefficient (Wildman–Crippen LogP) is 4.60. The number of nitrogens with two attached hydrogens (primary N) is 1. The molecule has 6 heteroatoms. The van der Waals surface area contributed by atoms with Gasteiger partial charge in [0.1, 0.15) is 5.88 Å². The number of alkyl halides is 1. The van der Waals surface area contributed by atoms with Crippen LogP contribution in [0, 0.1) is 5.82 Å². The summed E-state index contributed by atoms with van der Waals surface area (Å²) in [5.41, 5.74) is 7.93. The van der Waals surface area contributed by atoms with Crippen LogP contribution >= 0.6 is 23.2 Å². The minimum absolute atomic E-state index is 0.0400. The van der Waals surface area contributed by atoms with Crippen molar-refractivity contribution < 1.29 is 9.18 Å². The zero-order valence-corrected chi connectivity index (χ0v) is 14.8. The molecule has 1 unspecified atom stereocenters. The van der Waals surface area contributed by atoms with Crippen molar-refractivity contribution in [3.05, 3.63) is 52.8 Å². The van der Waals surface area contributed by atoms with Crippen LogP contribution in [-0.4, -0.2) is 17.8 Å². The monoisotopic (exact) mass is 368 g/mol. The first-order valence-corrected chi connectivity index (χ1v) is 8.56. The fourth-order valence-corrected chi connectivity index (χ4v) is 2.66. The van der Waals surface area contributed by atoms with Gasteiger partial charge >= 0.3 is 0 Å². The van der Waals surface area contributed by atoms with Gasteiger partial charge in [-0.25, -0.2) is 4.39 Å². The summed E-state index contributed by atoms with van der Waals surface area (Å²) in [6, 6.07) is 10.3. The molecule has 0 aliphatic rings. The van der Waals surface area contributed by atoms with Gasteiger partial charge in [0.2, 0.25) is 5.91 Å². The number of carbonyl (C=O) groups excluding carboxylic acids is 1. The molecule has 3 N–H and O–H groups in total. The van der Waals surface area contributed by atoms with Gasteiger partial charge in [-0.15, -0.1) is 11.6 Å². The SMILES string of the molecule is CCC(N)Cc1ccc(Cl)c(-c2cccc(NC(=O)CCl)c2F)c1. The highest BCUT2D eigenvalue weighted by molar-refractivity contribution is 6.33. The Morgan fingerprint density at radius 2 is 2.04 bits per heavy atom. The lowest BCUT2D eigenvalue weighted by atomic mass is 9.98. The molecule has 0 spiro atoms. The van der Waals surface area contributed by atoms with Gasteiger partial charge in [0.05, 0.1) is 5.69 Å². The summed E-state index contributed by atoms with van der Waals surface area (Å²) in [4.78, 5) is 11.4. The average molecular weight is 369 g/mol. The number of hydrogen-bond donors (Lipinski definition) is 2. The van der Waals surface area contributed by atoms with Crippen LogP contribution in [0.2, 0.25) is 5.02 Å². The van der Waals surface area contributed by atoms with Gasteiger partial charge < -0.3 is 11.1 Å². The third kappa shape index (κ3) is 4.47. The predicted molar refractivity (Wildman–Crippen MR) is 98.2 cm³/mol. The maximum absolute atomic E-state index is 14.8. The highest BCUT2D eigenvalue weighted by Crippen LogP contribution is 2.33. The summed E-state index contributed by atoms with van der Waals surface area (Å²) in [6.45, 7) is 2.02. The largest absolute Gasteiger partial charge is 0.327 e. The standard InChI is InChI=1S/C18H19Cl2FN2O/c1-2-12(22)8-11-6-7-15(20)14(9-11)13-4-3-5-16(18(13)21)23-17(24)10-19/h3-7,9,12H,2,8,10,22H2,1H3,(H,23,24). The molecule has 2 aromatic rings.